The third-order valence-corrected chi connectivity index (χ3v) is 3.37. The summed E-state index contributed by atoms with van der Waals surface area (Å²) >= 11 is 3.17. The molecule has 0 radical (unpaired) electrons. The Morgan fingerprint density at radius 3 is 2.89 bits per heavy atom. The van der Waals surface area contributed by atoms with Gasteiger partial charge in [0.25, 0.3) is 0 Å². The summed E-state index contributed by atoms with van der Waals surface area (Å²) in [5.74, 6) is 0.195. The first-order chi connectivity index (χ1) is 8.65. The van der Waals surface area contributed by atoms with E-state index in [4.69, 9.17) is 10.5 Å². The number of hydrogen-bond acceptors (Lipinski definition) is 3. The lowest BCUT2D eigenvalue weighted by atomic mass is 10.2. The number of aryl methyl sites for hydroxylation is 1. The molecular formula is C12H13BrFN3O. The van der Waals surface area contributed by atoms with Crippen LogP contribution >= 0.6 is 15.9 Å². The molecule has 0 spiro atoms. The van der Waals surface area contributed by atoms with Crippen molar-refractivity contribution in [2.75, 3.05) is 0 Å². The molecule has 1 aromatic carbocycles. The SMILES string of the molecule is CCn1cc(Oc2ccc(CN)c(Br)c2F)cn1. The molecule has 0 unspecified atom stereocenters. The van der Waals surface area contributed by atoms with Crippen LogP contribution in [0.4, 0.5) is 4.39 Å². The van der Waals surface area contributed by atoms with Crippen LogP contribution in [-0.2, 0) is 13.1 Å². The van der Waals surface area contributed by atoms with E-state index in [0.717, 1.165) is 6.54 Å². The lowest BCUT2D eigenvalue weighted by Gasteiger charge is -2.08. The van der Waals surface area contributed by atoms with E-state index in [-0.39, 0.29) is 12.3 Å². The van der Waals surface area contributed by atoms with Gasteiger partial charge in [0.05, 0.1) is 16.9 Å². The molecule has 2 aromatic rings. The van der Waals surface area contributed by atoms with Crippen LogP contribution in [-0.4, -0.2) is 9.78 Å². The summed E-state index contributed by atoms with van der Waals surface area (Å²) in [5, 5.41) is 4.05. The van der Waals surface area contributed by atoms with Crippen molar-refractivity contribution in [1.82, 2.24) is 9.78 Å². The standard InChI is InChI=1S/C12H13BrFN3O/c1-2-17-7-9(6-16-17)18-10-4-3-8(5-15)11(13)12(10)14/h3-4,6-7H,2,5,15H2,1H3. The Balaban J connectivity index is 2.26. The topological polar surface area (TPSA) is 53.1 Å². The Morgan fingerprint density at radius 1 is 1.50 bits per heavy atom. The molecule has 96 valence electrons. The number of ether oxygens (including phenoxy) is 1. The van der Waals surface area contributed by atoms with Crippen LogP contribution in [0.3, 0.4) is 0 Å². The van der Waals surface area contributed by atoms with E-state index in [1.165, 1.54) is 0 Å². The second kappa shape index (κ2) is 5.49. The van der Waals surface area contributed by atoms with Crippen molar-refractivity contribution in [1.29, 1.82) is 0 Å². The van der Waals surface area contributed by atoms with Crippen LogP contribution in [0, 0.1) is 5.82 Å². The first kappa shape index (κ1) is 13.0. The Hall–Kier alpha value is -1.40. The van der Waals surface area contributed by atoms with E-state index < -0.39 is 5.82 Å². The van der Waals surface area contributed by atoms with E-state index in [1.54, 1.807) is 29.2 Å². The molecule has 0 atom stereocenters. The maximum atomic E-state index is 14.0. The quantitative estimate of drug-likeness (QED) is 0.943. The van der Waals surface area contributed by atoms with Gasteiger partial charge in [0, 0.05) is 13.1 Å². The van der Waals surface area contributed by atoms with Gasteiger partial charge in [-0.3, -0.25) is 4.68 Å². The van der Waals surface area contributed by atoms with Gasteiger partial charge in [-0.2, -0.15) is 5.10 Å². The van der Waals surface area contributed by atoms with Crippen LogP contribution in [0.15, 0.2) is 29.0 Å². The van der Waals surface area contributed by atoms with E-state index in [9.17, 15) is 4.39 Å². The van der Waals surface area contributed by atoms with Gasteiger partial charge in [0.1, 0.15) is 0 Å². The summed E-state index contributed by atoms with van der Waals surface area (Å²) in [7, 11) is 0. The molecular weight excluding hydrogens is 301 g/mol. The highest BCUT2D eigenvalue weighted by Gasteiger charge is 2.12. The minimum atomic E-state index is -0.456. The van der Waals surface area contributed by atoms with Gasteiger partial charge in [0.15, 0.2) is 17.3 Å². The fraction of sp³-hybridized carbons (Fsp3) is 0.250. The smallest absolute Gasteiger partial charge is 0.180 e. The van der Waals surface area contributed by atoms with Gasteiger partial charge >= 0.3 is 0 Å². The Bertz CT molecular complexity index is 556. The number of aromatic nitrogens is 2. The van der Waals surface area contributed by atoms with Crippen LogP contribution in [0.25, 0.3) is 0 Å². The molecule has 1 heterocycles. The molecule has 0 fully saturated rings. The van der Waals surface area contributed by atoms with Gasteiger partial charge in [0.2, 0.25) is 0 Å². The summed E-state index contributed by atoms with van der Waals surface area (Å²) in [5.41, 5.74) is 6.19. The molecule has 6 heteroatoms. The van der Waals surface area contributed by atoms with Gasteiger partial charge in [-0.15, -0.1) is 0 Å². The lowest BCUT2D eigenvalue weighted by Crippen LogP contribution is -2.00. The number of benzene rings is 1. The van der Waals surface area contributed by atoms with Crippen LogP contribution in [0.1, 0.15) is 12.5 Å². The average molecular weight is 314 g/mol. The zero-order valence-electron chi connectivity index (χ0n) is 9.86. The third kappa shape index (κ3) is 2.54. The number of rotatable bonds is 4. The molecule has 1 aromatic heterocycles. The fourth-order valence-electron chi connectivity index (χ4n) is 1.51. The maximum absolute atomic E-state index is 14.0. The molecule has 0 aliphatic heterocycles. The largest absolute Gasteiger partial charge is 0.451 e. The molecule has 0 aliphatic rings. The van der Waals surface area contributed by atoms with Gasteiger partial charge in [-0.25, -0.2) is 4.39 Å². The lowest BCUT2D eigenvalue weighted by molar-refractivity contribution is 0.439. The summed E-state index contributed by atoms with van der Waals surface area (Å²) in [4.78, 5) is 0. The Labute approximate surface area is 113 Å². The Morgan fingerprint density at radius 2 is 2.28 bits per heavy atom. The minimum Gasteiger partial charge on any atom is -0.451 e. The van der Waals surface area contributed by atoms with E-state index in [0.29, 0.717) is 15.8 Å². The summed E-state index contributed by atoms with van der Waals surface area (Å²) in [6.07, 6.45) is 3.26. The van der Waals surface area contributed by atoms with Crippen molar-refractivity contribution < 1.29 is 9.13 Å². The predicted octanol–water partition coefficient (Wildman–Crippen LogP) is 3.06. The van der Waals surface area contributed by atoms with Crippen LogP contribution in [0.5, 0.6) is 11.5 Å². The molecule has 0 saturated heterocycles. The van der Waals surface area contributed by atoms with Crippen molar-refractivity contribution in [2.45, 2.75) is 20.0 Å². The van der Waals surface area contributed by atoms with Crippen LogP contribution < -0.4 is 10.5 Å². The molecule has 0 bridgehead atoms. The van der Waals surface area contributed by atoms with Crippen molar-refractivity contribution in [3.63, 3.8) is 0 Å². The summed E-state index contributed by atoms with van der Waals surface area (Å²) < 4.78 is 21.5. The predicted molar refractivity (Wildman–Crippen MR) is 70.0 cm³/mol. The third-order valence-electron chi connectivity index (χ3n) is 2.51. The second-order valence-corrected chi connectivity index (χ2v) is 4.48. The van der Waals surface area contributed by atoms with Crippen molar-refractivity contribution in [3.8, 4) is 11.5 Å². The first-order valence-electron chi connectivity index (χ1n) is 5.53. The highest BCUT2D eigenvalue weighted by atomic mass is 79.9. The average Bonchev–Trinajstić information content (AvgIpc) is 2.83. The van der Waals surface area contributed by atoms with E-state index in [1.807, 2.05) is 6.92 Å². The zero-order chi connectivity index (χ0) is 13.1. The number of halogens is 2. The molecule has 18 heavy (non-hydrogen) atoms. The highest BCUT2D eigenvalue weighted by Crippen LogP contribution is 2.31. The van der Waals surface area contributed by atoms with Crippen molar-refractivity contribution in [2.24, 2.45) is 5.73 Å². The van der Waals surface area contributed by atoms with Crippen LogP contribution in [0.2, 0.25) is 0 Å². The molecule has 0 amide bonds. The molecule has 0 aliphatic carbocycles. The van der Waals surface area contributed by atoms with Crippen molar-refractivity contribution >= 4 is 15.9 Å². The summed E-state index contributed by atoms with van der Waals surface area (Å²) in [6.45, 7) is 2.97. The Kier molecular flexibility index (Phi) is 3.98. The second-order valence-electron chi connectivity index (χ2n) is 3.69. The van der Waals surface area contributed by atoms with E-state index in [2.05, 4.69) is 21.0 Å². The highest BCUT2D eigenvalue weighted by molar-refractivity contribution is 9.10. The van der Waals surface area contributed by atoms with Gasteiger partial charge < -0.3 is 10.5 Å². The monoisotopic (exact) mass is 313 g/mol. The zero-order valence-corrected chi connectivity index (χ0v) is 11.4. The number of nitrogens with two attached hydrogens (primary N) is 1. The van der Waals surface area contributed by atoms with E-state index >= 15 is 0 Å². The number of nitrogens with zero attached hydrogens (tertiary/aromatic N) is 2. The number of hydrogen-bond donors (Lipinski definition) is 1. The maximum Gasteiger partial charge on any atom is 0.180 e. The first-order valence-corrected chi connectivity index (χ1v) is 6.32. The molecule has 2 rings (SSSR count). The van der Waals surface area contributed by atoms with Gasteiger partial charge in [-0.05, 0) is 34.5 Å². The molecule has 2 N–H and O–H groups in total. The summed E-state index contributed by atoms with van der Waals surface area (Å²) in [6, 6.07) is 3.29. The molecule has 0 saturated carbocycles. The van der Waals surface area contributed by atoms with Crippen molar-refractivity contribution in [3.05, 3.63) is 40.4 Å². The fourth-order valence-corrected chi connectivity index (χ4v) is 1.99. The van der Waals surface area contributed by atoms with Gasteiger partial charge in [-0.1, -0.05) is 6.07 Å². The molecule has 4 nitrogen and oxygen atoms in total. The normalized spacial score (nSPS) is 10.7. The minimum absolute atomic E-state index is 0.148.